The van der Waals surface area contributed by atoms with Gasteiger partial charge in [0.2, 0.25) is 0 Å². The van der Waals surface area contributed by atoms with E-state index in [-0.39, 0.29) is 0 Å². The summed E-state index contributed by atoms with van der Waals surface area (Å²) < 4.78 is 34.5. The van der Waals surface area contributed by atoms with Crippen molar-refractivity contribution < 1.29 is 18.0 Å². The first-order valence-electron chi connectivity index (χ1n) is 3.14. The molecular weight excluding hydrogens is 241 g/mol. The van der Waals surface area contributed by atoms with Gasteiger partial charge in [-0.25, -0.2) is 5.43 Å². The average molecular weight is 249 g/mol. The molecule has 0 fully saturated rings. The second-order valence-electron chi connectivity index (χ2n) is 1.92. The van der Waals surface area contributed by atoms with E-state index in [9.17, 15) is 18.0 Å². The minimum atomic E-state index is -4.82. The monoisotopic (exact) mass is 248 g/mol. The standard InChI is InChI=1S/C5H8BrF3N2O/c6-2-1-3-10-11-4(12)5(7,8)9/h10H,1-3H2,(H,11,12). The lowest BCUT2D eigenvalue weighted by molar-refractivity contribution is -0.174. The number of nitrogens with one attached hydrogen (secondary N) is 2. The predicted octanol–water partition coefficient (Wildman–Crippen LogP) is 0.955. The van der Waals surface area contributed by atoms with Crippen molar-refractivity contribution in [3.63, 3.8) is 0 Å². The second-order valence-corrected chi connectivity index (χ2v) is 2.71. The lowest BCUT2D eigenvalue weighted by atomic mass is 10.5. The minimum absolute atomic E-state index is 0.299. The van der Waals surface area contributed by atoms with Gasteiger partial charge in [0, 0.05) is 11.9 Å². The van der Waals surface area contributed by atoms with E-state index in [2.05, 4.69) is 21.4 Å². The number of carbonyl (C=O) groups excluding carboxylic acids is 1. The van der Waals surface area contributed by atoms with Gasteiger partial charge in [0.05, 0.1) is 0 Å². The van der Waals surface area contributed by atoms with Gasteiger partial charge in [0.25, 0.3) is 0 Å². The van der Waals surface area contributed by atoms with Crippen molar-refractivity contribution in [2.75, 3.05) is 11.9 Å². The summed E-state index contributed by atoms with van der Waals surface area (Å²) in [5.74, 6) is -1.97. The Balaban J connectivity index is 3.45. The van der Waals surface area contributed by atoms with Crippen LogP contribution < -0.4 is 10.9 Å². The number of amides is 1. The number of alkyl halides is 4. The van der Waals surface area contributed by atoms with Crippen LogP contribution in [-0.4, -0.2) is 24.0 Å². The zero-order chi connectivity index (χ0) is 9.61. The molecule has 12 heavy (non-hydrogen) atoms. The fraction of sp³-hybridized carbons (Fsp3) is 0.800. The van der Waals surface area contributed by atoms with Gasteiger partial charge in [0.1, 0.15) is 0 Å². The summed E-state index contributed by atoms with van der Waals surface area (Å²) in [4.78, 5) is 10.1. The SMILES string of the molecule is O=C(NNCCCBr)C(F)(F)F. The molecule has 1 amide bonds. The van der Waals surface area contributed by atoms with Gasteiger partial charge in [-0.05, 0) is 6.42 Å². The highest BCUT2D eigenvalue weighted by atomic mass is 79.9. The Bertz CT molecular complexity index is 150. The molecule has 0 aromatic carbocycles. The summed E-state index contributed by atoms with van der Waals surface area (Å²) in [6.45, 7) is 0.299. The van der Waals surface area contributed by atoms with Crippen LogP contribution in [0.25, 0.3) is 0 Å². The molecule has 0 unspecified atom stereocenters. The van der Waals surface area contributed by atoms with Crippen molar-refractivity contribution in [3.8, 4) is 0 Å². The summed E-state index contributed by atoms with van der Waals surface area (Å²) in [5, 5.41) is 0.669. The van der Waals surface area contributed by atoms with Crippen molar-refractivity contribution >= 4 is 21.8 Å². The lowest BCUT2D eigenvalue weighted by Gasteiger charge is -2.07. The number of halogens is 4. The number of rotatable bonds is 4. The maximum Gasteiger partial charge on any atom is 0.472 e. The van der Waals surface area contributed by atoms with E-state index in [1.165, 1.54) is 5.43 Å². The van der Waals surface area contributed by atoms with Crippen LogP contribution >= 0.6 is 15.9 Å². The Morgan fingerprint density at radius 2 is 2.00 bits per heavy atom. The van der Waals surface area contributed by atoms with E-state index >= 15 is 0 Å². The smallest absolute Gasteiger partial charge is 0.284 e. The number of hydrogen-bond donors (Lipinski definition) is 2. The van der Waals surface area contributed by atoms with Crippen LogP contribution in [-0.2, 0) is 4.79 Å². The molecule has 0 aliphatic rings. The fourth-order valence-corrected chi connectivity index (χ4v) is 0.649. The third-order valence-electron chi connectivity index (χ3n) is 0.895. The molecule has 0 heterocycles. The molecule has 0 aliphatic heterocycles. The van der Waals surface area contributed by atoms with Gasteiger partial charge in [-0.3, -0.25) is 10.2 Å². The quantitative estimate of drug-likeness (QED) is 0.442. The molecule has 72 valence electrons. The normalized spacial score (nSPS) is 11.3. The number of hydrogen-bond acceptors (Lipinski definition) is 2. The van der Waals surface area contributed by atoms with Gasteiger partial charge in [-0.2, -0.15) is 13.2 Å². The molecule has 0 rings (SSSR count). The summed E-state index contributed by atoms with van der Waals surface area (Å²) in [6.07, 6.45) is -4.18. The largest absolute Gasteiger partial charge is 0.472 e. The van der Waals surface area contributed by atoms with E-state index in [0.29, 0.717) is 18.3 Å². The van der Waals surface area contributed by atoms with Crippen LogP contribution in [0.5, 0.6) is 0 Å². The predicted molar refractivity (Wildman–Crippen MR) is 40.6 cm³/mol. The van der Waals surface area contributed by atoms with Crippen LogP contribution in [0.1, 0.15) is 6.42 Å². The van der Waals surface area contributed by atoms with Gasteiger partial charge in [-0.15, -0.1) is 0 Å². The topological polar surface area (TPSA) is 41.1 Å². The highest BCUT2D eigenvalue weighted by Crippen LogP contribution is 2.13. The van der Waals surface area contributed by atoms with Crippen LogP contribution in [0.4, 0.5) is 13.2 Å². The Morgan fingerprint density at radius 1 is 1.42 bits per heavy atom. The molecule has 0 saturated carbocycles. The summed E-state index contributed by atoms with van der Waals surface area (Å²) >= 11 is 3.08. The second kappa shape index (κ2) is 5.36. The number of hydrazine groups is 1. The lowest BCUT2D eigenvalue weighted by Crippen LogP contribution is -2.45. The molecule has 2 N–H and O–H groups in total. The molecule has 0 spiro atoms. The van der Waals surface area contributed by atoms with Crippen LogP contribution in [0, 0.1) is 0 Å². The zero-order valence-corrected chi connectivity index (χ0v) is 7.63. The van der Waals surface area contributed by atoms with Crippen LogP contribution in [0.2, 0.25) is 0 Å². The molecule has 0 radical (unpaired) electrons. The number of carbonyl (C=O) groups is 1. The molecule has 0 aliphatic carbocycles. The van der Waals surface area contributed by atoms with Gasteiger partial charge in [-0.1, -0.05) is 15.9 Å². The molecule has 7 heteroatoms. The summed E-state index contributed by atoms with van der Waals surface area (Å²) in [6, 6.07) is 0. The van der Waals surface area contributed by atoms with E-state index in [0.717, 1.165) is 0 Å². The van der Waals surface area contributed by atoms with E-state index < -0.39 is 12.1 Å². The van der Waals surface area contributed by atoms with E-state index in [4.69, 9.17) is 0 Å². The van der Waals surface area contributed by atoms with Crippen molar-refractivity contribution in [1.29, 1.82) is 0 Å². The van der Waals surface area contributed by atoms with Crippen molar-refractivity contribution in [1.82, 2.24) is 10.9 Å². The van der Waals surface area contributed by atoms with Crippen LogP contribution in [0.15, 0.2) is 0 Å². The molecule has 0 bridgehead atoms. The first-order valence-corrected chi connectivity index (χ1v) is 4.26. The minimum Gasteiger partial charge on any atom is -0.284 e. The summed E-state index contributed by atoms with van der Waals surface area (Å²) in [7, 11) is 0. The van der Waals surface area contributed by atoms with Crippen molar-refractivity contribution in [2.24, 2.45) is 0 Å². The molecule has 3 nitrogen and oxygen atoms in total. The molecule has 0 aromatic heterocycles. The van der Waals surface area contributed by atoms with Crippen molar-refractivity contribution in [2.45, 2.75) is 12.6 Å². The third-order valence-corrected chi connectivity index (χ3v) is 1.46. The maximum atomic E-state index is 11.5. The summed E-state index contributed by atoms with van der Waals surface area (Å²) in [5.41, 5.74) is 3.67. The maximum absolute atomic E-state index is 11.5. The van der Waals surface area contributed by atoms with E-state index in [1.54, 1.807) is 0 Å². The highest BCUT2D eigenvalue weighted by molar-refractivity contribution is 9.09. The van der Waals surface area contributed by atoms with Crippen molar-refractivity contribution in [3.05, 3.63) is 0 Å². The Morgan fingerprint density at radius 3 is 2.42 bits per heavy atom. The third kappa shape index (κ3) is 5.36. The zero-order valence-electron chi connectivity index (χ0n) is 6.04. The first-order chi connectivity index (χ1) is 5.48. The Hall–Kier alpha value is -0.300. The average Bonchev–Trinajstić information content (AvgIpc) is 1.96. The highest BCUT2D eigenvalue weighted by Gasteiger charge is 2.38. The Kier molecular flexibility index (Phi) is 5.23. The molecule has 0 aromatic rings. The van der Waals surface area contributed by atoms with Gasteiger partial charge < -0.3 is 0 Å². The van der Waals surface area contributed by atoms with Gasteiger partial charge in [0.15, 0.2) is 0 Å². The van der Waals surface area contributed by atoms with E-state index in [1.807, 2.05) is 0 Å². The molecule has 0 atom stereocenters. The Labute approximate surface area is 75.8 Å². The first kappa shape index (κ1) is 11.7. The van der Waals surface area contributed by atoms with Crippen LogP contribution in [0.3, 0.4) is 0 Å². The molecular formula is C5H8BrF3N2O. The fourth-order valence-electron chi connectivity index (χ4n) is 0.369. The molecule has 0 saturated heterocycles. The van der Waals surface area contributed by atoms with Gasteiger partial charge >= 0.3 is 12.1 Å².